The van der Waals surface area contributed by atoms with Gasteiger partial charge in [-0.05, 0) is 24.3 Å². The number of alkyl halides is 3. The third-order valence-corrected chi connectivity index (χ3v) is 3.51. The molecule has 2 rings (SSSR count). The van der Waals surface area contributed by atoms with Crippen molar-refractivity contribution in [3.05, 3.63) is 47.0 Å². The summed E-state index contributed by atoms with van der Waals surface area (Å²) in [5.74, 6) is -0.522. The molecule has 0 radical (unpaired) electrons. The van der Waals surface area contributed by atoms with Crippen molar-refractivity contribution in [2.75, 3.05) is 18.4 Å². The Labute approximate surface area is 139 Å². The van der Waals surface area contributed by atoms with Gasteiger partial charge in [0.05, 0.1) is 5.56 Å². The molecule has 3 N–H and O–H groups in total. The minimum absolute atomic E-state index is 0.107. The summed E-state index contributed by atoms with van der Waals surface area (Å²) in [4.78, 5) is 27.1. The van der Waals surface area contributed by atoms with Gasteiger partial charge in [0, 0.05) is 30.2 Å². The number of thiazole rings is 1. The van der Waals surface area contributed by atoms with Crippen molar-refractivity contribution in [2.45, 2.75) is 6.18 Å². The smallest absolute Gasteiger partial charge is 0.350 e. The second-order valence-corrected chi connectivity index (χ2v) is 5.44. The lowest BCUT2D eigenvalue weighted by atomic mass is 10.1. The maximum absolute atomic E-state index is 12.4. The monoisotopic (exact) mass is 358 g/mol. The highest BCUT2D eigenvalue weighted by Gasteiger charge is 2.30. The Kier molecular flexibility index (Phi) is 5.74. The lowest BCUT2D eigenvalue weighted by Gasteiger charge is -2.09. The van der Waals surface area contributed by atoms with E-state index in [0.717, 1.165) is 24.3 Å². The lowest BCUT2D eigenvalue weighted by molar-refractivity contribution is -0.137. The summed E-state index contributed by atoms with van der Waals surface area (Å²) in [5.41, 5.74) is -0.713. The number of carbonyl (C=O) groups excluding carboxylic acids is 2. The van der Waals surface area contributed by atoms with Gasteiger partial charge in [0.25, 0.3) is 5.91 Å². The molecule has 0 saturated heterocycles. The second kappa shape index (κ2) is 7.77. The van der Waals surface area contributed by atoms with Crippen molar-refractivity contribution in [1.82, 2.24) is 15.6 Å². The second-order valence-electron chi connectivity index (χ2n) is 4.55. The van der Waals surface area contributed by atoms with Gasteiger partial charge in [-0.25, -0.2) is 9.78 Å². The number of halogens is 3. The number of anilines is 1. The normalized spacial score (nSPS) is 11.0. The van der Waals surface area contributed by atoms with Crippen LogP contribution in [0.5, 0.6) is 0 Å². The van der Waals surface area contributed by atoms with Gasteiger partial charge in [0.1, 0.15) is 0 Å². The summed E-state index contributed by atoms with van der Waals surface area (Å²) in [6.07, 6.45) is -2.89. The molecule has 6 nitrogen and oxygen atoms in total. The Bertz CT molecular complexity index is 687. The minimum atomic E-state index is -4.44. The highest BCUT2D eigenvalue weighted by Crippen LogP contribution is 2.29. The zero-order valence-electron chi connectivity index (χ0n) is 12.2. The largest absolute Gasteiger partial charge is 0.416 e. The highest BCUT2D eigenvalue weighted by atomic mass is 32.1. The predicted molar refractivity (Wildman–Crippen MR) is 82.9 cm³/mol. The van der Waals surface area contributed by atoms with Crippen LogP contribution in [0, 0.1) is 0 Å². The summed E-state index contributed by atoms with van der Waals surface area (Å²) in [6, 6.07) is 3.42. The van der Waals surface area contributed by atoms with Crippen molar-refractivity contribution in [1.29, 1.82) is 0 Å². The highest BCUT2D eigenvalue weighted by molar-refractivity contribution is 7.13. The van der Waals surface area contributed by atoms with E-state index in [1.165, 1.54) is 11.3 Å². The van der Waals surface area contributed by atoms with Crippen LogP contribution in [0.3, 0.4) is 0 Å². The number of aromatic nitrogens is 1. The van der Waals surface area contributed by atoms with Crippen LogP contribution in [0.1, 0.15) is 15.9 Å². The zero-order chi connectivity index (χ0) is 17.6. The minimum Gasteiger partial charge on any atom is -0.350 e. The van der Waals surface area contributed by atoms with Crippen LogP contribution in [0.25, 0.3) is 0 Å². The number of rotatable bonds is 5. The first-order chi connectivity index (χ1) is 11.4. The van der Waals surface area contributed by atoms with Crippen molar-refractivity contribution in [3.63, 3.8) is 0 Å². The van der Waals surface area contributed by atoms with Gasteiger partial charge in [0.15, 0.2) is 5.13 Å². The fourth-order valence-corrected chi connectivity index (χ4v) is 2.22. The van der Waals surface area contributed by atoms with Gasteiger partial charge in [-0.2, -0.15) is 13.2 Å². The number of nitrogens with one attached hydrogen (secondary N) is 3. The number of urea groups is 1. The quantitative estimate of drug-likeness (QED) is 0.719. The molecule has 1 aromatic heterocycles. The third-order valence-electron chi connectivity index (χ3n) is 2.82. The van der Waals surface area contributed by atoms with Gasteiger partial charge in [-0.15, -0.1) is 11.3 Å². The first-order valence-electron chi connectivity index (χ1n) is 6.76. The molecule has 1 heterocycles. The van der Waals surface area contributed by atoms with Crippen LogP contribution in [0.2, 0.25) is 0 Å². The van der Waals surface area contributed by atoms with Crippen LogP contribution in [-0.2, 0) is 6.18 Å². The fourth-order valence-electron chi connectivity index (χ4n) is 1.69. The molecule has 0 aliphatic heterocycles. The number of nitrogens with zero attached hydrogens (tertiary/aromatic N) is 1. The maximum Gasteiger partial charge on any atom is 0.416 e. The van der Waals surface area contributed by atoms with E-state index in [2.05, 4.69) is 20.9 Å². The molecule has 128 valence electrons. The molecule has 10 heteroatoms. The summed E-state index contributed by atoms with van der Waals surface area (Å²) < 4.78 is 37.3. The molecule has 0 fully saturated rings. The summed E-state index contributed by atoms with van der Waals surface area (Å²) in [5, 5.41) is 9.66. The van der Waals surface area contributed by atoms with E-state index in [-0.39, 0.29) is 18.7 Å². The van der Waals surface area contributed by atoms with Crippen LogP contribution in [0.15, 0.2) is 35.8 Å². The van der Waals surface area contributed by atoms with Gasteiger partial charge in [-0.3, -0.25) is 10.1 Å². The summed E-state index contributed by atoms with van der Waals surface area (Å²) in [6.45, 7) is 0.286. The number of hydrogen-bond acceptors (Lipinski definition) is 4. The fraction of sp³-hybridized carbons (Fsp3) is 0.214. The summed E-state index contributed by atoms with van der Waals surface area (Å²) in [7, 11) is 0. The van der Waals surface area contributed by atoms with E-state index in [1.54, 1.807) is 11.6 Å². The van der Waals surface area contributed by atoms with E-state index in [9.17, 15) is 22.8 Å². The predicted octanol–water partition coefficient (Wildman–Crippen LogP) is 2.71. The van der Waals surface area contributed by atoms with E-state index in [1.807, 2.05) is 0 Å². The van der Waals surface area contributed by atoms with Gasteiger partial charge < -0.3 is 10.6 Å². The van der Waals surface area contributed by atoms with E-state index < -0.39 is 23.7 Å². The number of benzene rings is 1. The third kappa shape index (κ3) is 5.23. The maximum atomic E-state index is 12.4. The Hall–Kier alpha value is -2.62. The van der Waals surface area contributed by atoms with Gasteiger partial charge in [0.2, 0.25) is 0 Å². The summed E-state index contributed by atoms with van der Waals surface area (Å²) >= 11 is 1.26. The zero-order valence-corrected chi connectivity index (χ0v) is 13.0. The molecule has 3 amide bonds. The Morgan fingerprint density at radius 3 is 2.33 bits per heavy atom. The van der Waals surface area contributed by atoms with Crippen molar-refractivity contribution in [2.24, 2.45) is 0 Å². The van der Waals surface area contributed by atoms with E-state index in [4.69, 9.17) is 0 Å². The molecule has 0 bridgehead atoms. The molecule has 0 spiro atoms. The molecular formula is C14H13F3N4O2S. The van der Waals surface area contributed by atoms with Crippen LogP contribution in [-0.4, -0.2) is 30.0 Å². The van der Waals surface area contributed by atoms with Crippen LogP contribution in [0.4, 0.5) is 23.1 Å². The SMILES string of the molecule is O=C(NCCNC(=O)c1ccc(C(F)(F)F)cc1)Nc1nccs1. The first kappa shape index (κ1) is 17.7. The molecule has 0 atom stereocenters. The molecule has 0 unspecified atom stereocenters. The van der Waals surface area contributed by atoms with Gasteiger partial charge >= 0.3 is 12.2 Å². The van der Waals surface area contributed by atoms with Crippen molar-refractivity contribution < 1.29 is 22.8 Å². The van der Waals surface area contributed by atoms with Crippen LogP contribution >= 0.6 is 11.3 Å². The van der Waals surface area contributed by atoms with E-state index in [0.29, 0.717) is 5.13 Å². The first-order valence-corrected chi connectivity index (χ1v) is 7.64. The molecule has 0 aliphatic carbocycles. The average Bonchev–Trinajstić information content (AvgIpc) is 3.03. The lowest BCUT2D eigenvalue weighted by Crippen LogP contribution is -2.36. The molecule has 2 aromatic rings. The standard InChI is InChI=1S/C14H13F3N4O2S/c15-14(16,17)10-3-1-9(2-4-10)11(22)18-5-6-19-12(23)21-13-20-7-8-24-13/h1-4,7-8H,5-6H2,(H,18,22)(H2,19,20,21,23). The van der Waals surface area contributed by atoms with E-state index >= 15 is 0 Å². The topological polar surface area (TPSA) is 83.1 Å². The number of amides is 3. The molecule has 1 aromatic carbocycles. The Morgan fingerprint density at radius 1 is 1.08 bits per heavy atom. The Balaban J connectivity index is 1.72. The Morgan fingerprint density at radius 2 is 1.75 bits per heavy atom. The van der Waals surface area contributed by atoms with Crippen molar-refractivity contribution in [3.8, 4) is 0 Å². The van der Waals surface area contributed by atoms with Crippen molar-refractivity contribution >= 4 is 28.4 Å². The average molecular weight is 358 g/mol. The van der Waals surface area contributed by atoms with Gasteiger partial charge in [-0.1, -0.05) is 0 Å². The molecular weight excluding hydrogens is 345 g/mol. The van der Waals surface area contributed by atoms with Crippen LogP contribution < -0.4 is 16.0 Å². The number of carbonyl (C=O) groups is 2. The molecule has 0 saturated carbocycles. The number of hydrogen-bond donors (Lipinski definition) is 3. The molecule has 0 aliphatic rings. The molecule has 24 heavy (non-hydrogen) atoms.